The van der Waals surface area contributed by atoms with Gasteiger partial charge in [-0.1, -0.05) is 48.5 Å². The number of nitrogens with zero attached hydrogens (tertiary/aromatic N) is 1. The van der Waals surface area contributed by atoms with E-state index in [0.717, 1.165) is 5.56 Å². The Labute approximate surface area is 203 Å². The molecular formula is C27H27N3O3S. The van der Waals surface area contributed by atoms with Crippen molar-refractivity contribution in [3.05, 3.63) is 89.5 Å². The first kappa shape index (κ1) is 23.6. The molecule has 0 saturated heterocycles. The Morgan fingerprint density at radius 2 is 1.56 bits per heavy atom. The van der Waals surface area contributed by atoms with E-state index < -0.39 is 0 Å². The molecule has 0 radical (unpaired) electrons. The lowest BCUT2D eigenvalue weighted by Crippen LogP contribution is -2.34. The Hall–Kier alpha value is -3.58. The van der Waals surface area contributed by atoms with Crippen molar-refractivity contribution in [2.45, 2.75) is 25.1 Å². The maximum absolute atomic E-state index is 12.4. The van der Waals surface area contributed by atoms with E-state index in [0.29, 0.717) is 11.5 Å². The second-order valence-corrected chi connectivity index (χ2v) is 9.33. The predicted molar refractivity (Wildman–Crippen MR) is 137 cm³/mol. The first-order chi connectivity index (χ1) is 16.5. The normalized spacial score (nSPS) is 12.4. The van der Waals surface area contributed by atoms with Crippen LogP contribution in [0.4, 0.5) is 0 Å². The zero-order valence-electron chi connectivity index (χ0n) is 19.2. The van der Waals surface area contributed by atoms with Crippen LogP contribution < -0.4 is 15.5 Å². The third-order valence-electron chi connectivity index (χ3n) is 5.26. The smallest absolute Gasteiger partial charge is 0.258 e. The lowest BCUT2D eigenvalue weighted by Gasteiger charge is -2.12. The lowest BCUT2D eigenvalue weighted by atomic mass is 10.1. The maximum Gasteiger partial charge on any atom is 0.258 e. The molecule has 0 unspecified atom stereocenters. The maximum atomic E-state index is 12.4. The van der Waals surface area contributed by atoms with Gasteiger partial charge < -0.3 is 10.1 Å². The van der Waals surface area contributed by atoms with Gasteiger partial charge in [0.2, 0.25) is 5.91 Å². The molecule has 0 saturated carbocycles. The molecule has 0 aromatic heterocycles. The first-order valence-corrected chi connectivity index (χ1v) is 12.2. The van der Waals surface area contributed by atoms with Crippen molar-refractivity contribution in [2.75, 3.05) is 12.4 Å². The van der Waals surface area contributed by atoms with Gasteiger partial charge in [-0.15, -0.1) is 11.8 Å². The average Bonchev–Trinajstić information content (AvgIpc) is 3.15. The number of hydrazone groups is 1. The number of amides is 2. The van der Waals surface area contributed by atoms with Crippen molar-refractivity contribution in [2.24, 2.45) is 5.10 Å². The van der Waals surface area contributed by atoms with Gasteiger partial charge in [0.1, 0.15) is 5.75 Å². The van der Waals surface area contributed by atoms with Crippen molar-refractivity contribution < 1.29 is 14.3 Å². The predicted octanol–water partition coefficient (Wildman–Crippen LogP) is 4.54. The van der Waals surface area contributed by atoms with Crippen LogP contribution in [-0.4, -0.2) is 36.4 Å². The molecule has 7 heteroatoms. The zero-order valence-corrected chi connectivity index (χ0v) is 20.0. The molecule has 1 aliphatic carbocycles. The summed E-state index contributed by atoms with van der Waals surface area (Å²) < 4.78 is 5.47. The standard InChI is InChI=1S/C27H27N3O3S/c1-18(2)29-25(31)16-33-20-13-11-19(12-14-20)15-28-30-26(32)17-34-27-23-9-5-3-7-21(23)22-8-4-6-10-24(22)27/h3-15,18,27H,16-17H2,1-2H3,(H,29,31)(H,30,32)/b28-15-. The number of ether oxygens (including phenoxy) is 1. The fraction of sp³-hybridized carbons (Fsp3) is 0.222. The molecule has 6 nitrogen and oxygen atoms in total. The van der Waals surface area contributed by atoms with E-state index in [1.54, 1.807) is 30.1 Å². The minimum absolute atomic E-state index is 0.0325. The van der Waals surface area contributed by atoms with E-state index in [1.165, 1.54) is 22.3 Å². The fourth-order valence-corrected chi connectivity index (χ4v) is 4.97. The van der Waals surface area contributed by atoms with Crippen molar-refractivity contribution in [3.63, 3.8) is 0 Å². The second kappa shape index (κ2) is 11.0. The Bertz CT molecular complexity index is 1150. The molecule has 0 atom stereocenters. The van der Waals surface area contributed by atoms with E-state index in [2.05, 4.69) is 40.1 Å². The SMILES string of the molecule is CC(C)NC(=O)COc1ccc(/C=N\NC(=O)CSC2c3ccccc3-c3ccccc32)cc1. The molecule has 34 heavy (non-hydrogen) atoms. The molecule has 0 heterocycles. The minimum Gasteiger partial charge on any atom is -0.484 e. The van der Waals surface area contributed by atoms with Crippen molar-refractivity contribution in [1.82, 2.24) is 10.7 Å². The summed E-state index contributed by atoms with van der Waals surface area (Å²) in [5.41, 5.74) is 8.38. The summed E-state index contributed by atoms with van der Waals surface area (Å²) in [6.45, 7) is 3.77. The van der Waals surface area contributed by atoms with Crippen LogP contribution in [0.25, 0.3) is 11.1 Å². The molecule has 0 bridgehead atoms. The van der Waals surface area contributed by atoms with E-state index >= 15 is 0 Å². The third kappa shape index (κ3) is 5.85. The molecule has 2 amide bonds. The molecule has 0 spiro atoms. The molecular weight excluding hydrogens is 446 g/mol. The van der Waals surface area contributed by atoms with Crippen LogP contribution in [0, 0.1) is 0 Å². The average molecular weight is 474 g/mol. The molecule has 2 N–H and O–H groups in total. The number of thioether (sulfide) groups is 1. The second-order valence-electron chi connectivity index (χ2n) is 8.24. The summed E-state index contributed by atoms with van der Waals surface area (Å²) >= 11 is 1.60. The number of hydrogen-bond donors (Lipinski definition) is 2. The van der Waals surface area contributed by atoms with Crippen LogP contribution in [0.1, 0.15) is 35.8 Å². The fourth-order valence-electron chi connectivity index (χ4n) is 3.82. The van der Waals surface area contributed by atoms with Crippen LogP contribution in [0.5, 0.6) is 5.75 Å². The summed E-state index contributed by atoms with van der Waals surface area (Å²) in [7, 11) is 0. The number of carbonyl (C=O) groups excluding carboxylic acids is 2. The van der Waals surface area contributed by atoms with Crippen LogP contribution in [0.2, 0.25) is 0 Å². The van der Waals surface area contributed by atoms with Gasteiger partial charge >= 0.3 is 0 Å². The number of rotatable bonds is 9. The molecule has 0 aliphatic heterocycles. The van der Waals surface area contributed by atoms with Crippen LogP contribution in [0.15, 0.2) is 77.9 Å². The quantitative estimate of drug-likeness (QED) is 0.353. The first-order valence-electron chi connectivity index (χ1n) is 11.1. The van der Waals surface area contributed by atoms with Crippen LogP contribution >= 0.6 is 11.8 Å². The van der Waals surface area contributed by atoms with Gasteiger partial charge in [-0.2, -0.15) is 5.10 Å². The van der Waals surface area contributed by atoms with E-state index in [9.17, 15) is 9.59 Å². The highest BCUT2D eigenvalue weighted by atomic mass is 32.2. The lowest BCUT2D eigenvalue weighted by molar-refractivity contribution is -0.123. The Morgan fingerprint density at radius 1 is 0.941 bits per heavy atom. The number of benzene rings is 3. The summed E-state index contributed by atoms with van der Waals surface area (Å²) in [4.78, 5) is 24.0. The molecule has 1 aliphatic rings. The highest BCUT2D eigenvalue weighted by molar-refractivity contribution is 8.00. The summed E-state index contributed by atoms with van der Waals surface area (Å²) in [6.07, 6.45) is 1.58. The van der Waals surface area contributed by atoms with E-state index in [-0.39, 0.29) is 29.7 Å². The van der Waals surface area contributed by atoms with Gasteiger partial charge in [-0.05, 0) is 65.9 Å². The van der Waals surface area contributed by atoms with E-state index in [4.69, 9.17) is 4.74 Å². The van der Waals surface area contributed by atoms with Gasteiger partial charge in [0, 0.05) is 6.04 Å². The Balaban J connectivity index is 1.26. The topological polar surface area (TPSA) is 79.8 Å². The molecule has 3 aromatic rings. The van der Waals surface area contributed by atoms with Gasteiger partial charge in [0.25, 0.3) is 5.91 Å². The Morgan fingerprint density at radius 3 is 2.18 bits per heavy atom. The van der Waals surface area contributed by atoms with Crippen molar-refractivity contribution >= 4 is 29.8 Å². The van der Waals surface area contributed by atoms with Crippen LogP contribution in [0.3, 0.4) is 0 Å². The van der Waals surface area contributed by atoms with Gasteiger partial charge in [-0.25, -0.2) is 5.43 Å². The number of hydrogen-bond acceptors (Lipinski definition) is 5. The summed E-state index contributed by atoms with van der Waals surface area (Å²) in [6, 6.07) is 23.9. The van der Waals surface area contributed by atoms with Gasteiger partial charge in [0.15, 0.2) is 6.61 Å². The number of fused-ring (bicyclic) bond motifs is 3. The van der Waals surface area contributed by atoms with E-state index in [1.807, 2.05) is 50.2 Å². The summed E-state index contributed by atoms with van der Waals surface area (Å²) in [5.74, 6) is 0.578. The monoisotopic (exact) mass is 473 g/mol. The van der Waals surface area contributed by atoms with Crippen molar-refractivity contribution in [3.8, 4) is 16.9 Å². The third-order valence-corrected chi connectivity index (χ3v) is 6.53. The highest BCUT2D eigenvalue weighted by Crippen LogP contribution is 2.49. The molecule has 174 valence electrons. The van der Waals surface area contributed by atoms with Crippen LogP contribution in [-0.2, 0) is 9.59 Å². The molecule has 3 aromatic carbocycles. The molecule has 4 rings (SSSR count). The highest BCUT2D eigenvalue weighted by Gasteiger charge is 2.28. The number of carbonyl (C=O) groups is 2. The van der Waals surface area contributed by atoms with Gasteiger partial charge in [0.05, 0.1) is 17.2 Å². The Kier molecular flexibility index (Phi) is 7.65. The molecule has 0 fully saturated rings. The summed E-state index contributed by atoms with van der Waals surface area (Å²) in [5, 5.41) is 6.98. The zero-order chi connectivity index (χ0) is 23.9. The van der Waals surface area contributed by atoms with Gasteiger partial charge in [-0.3, -0.25) is 9.59 Å². The number of nitrogens with one attached hydrogen (secondary N) is 2. The van der Waals surface area contributed by atoms with Crippen molar-refractivity contribution in [1.29, 1.82) is 0 Å². The minimum atomic E-state index is -0.161. The largest absolute Gasteiger partial charge is 0.484 e.